The van der Waals surface area contributed by atoms with Crippen molar-refractivity contribution in [3.05, 3.63) is 0 Å². The van der Waals surface area contributed by atoms with Crippen molar-refractivity contribution in [3.8, 4) is 0 Å². The van der Waals surface area contributed by atoms with Crippen molar-refractivity contribution >= 4 is 5.97 Å². The standard InChI is InChI=1S/C20H30O2/c1-10-11(2)16-9-15(10)19-13-7-12(17(8-13)20(16)19)3-4-14-5-6-18(21)22-14/h10-17,19-20H,3-9H2,1-2H3. The summed E-state index contributed by atoms with van der Waals surface area (Å²) in [4.78, 5) is 11.3. The maximum absolute atomic E-state index is 11.3. The van der Waals surface area contributed by atoms with Crippen LogP contribution in [0.1, 0.15) is 58.8 Å². The van der Waals surface area contributed by atoms with E-state index in [4.69, 9.17) is 4.74 Å². The Balaban J connectivity index is 1.26. The molecule has 0 aromatic rings. The maximum Gasteiger partial charge on any atom is 0.306 e. The number of hydrogen-bond donors (Lipinski definition) is 0. The molecule has 122 valence electrons. The Kier molecular flexibility index (Phi) is 2.99. The summed E-state index contributed by atoms with van der Waals surface area (Å²) in [5.74, 6) is 9.31. The van der Waals surface area contributed by atoms with Crippen LogP contribution in [0.15, 0.2) is 0 Å². The van der Waals surface area contributed by atoms with Gasteiger partial charge >= 0.3 is 5.97 Å². The van der Waals surface area contributed by atoms with Crippen LogP contribution in [0.2, 0.25) is 0 Å². The third kappa shape index (κ3) is 1.76. The van der Waals surface area contributed by atoms with Gasteiger partial charge in [0.25, 0.3) is 0 Å². The lowest BCUT2D eigenvalue weighted by atomic mass is 9.61. The molecule has 5 rings (SSSR count). The van der Waals surface area contributed by atoms with E-state index in [9.17, 15) is 4.79 Å². The molecule has 0 aromatic heterocycles. The zero-order valence-electron chi connectivity index (χ0n) is 14.0. The summed E-state index contributed by atoms with van der Waals surface area (Å²) >= 11 is 0. The average Bonchev–Trinajstić information content (AvgIpc) is 3.25. The molecule has 0 amide bonds. The highest BCUT2D eigenvalue weighted by Crippen LogP contribution is 2.71. The first-order chi connectivity index (χ1) is 10.6. The van der Waals surface area contributed by atoms with Crippen LogP contribution in [0.25, 0.3) is 0 Å². The molecule has 2 heteroatoms. The molecule has 0 radical (unpaired) electrons. The minimum absolute atomic E-state index is 0.0360. The molecule has 0 spiro atoms. The Hall–Kier alpha value is -0.530. The second kappa shape index (κ2) is 4.74. The number of carbonyl (C=O) groups is 1. The van der Waals surface area contributed by atoms with E-state index < -0.39 is 0 Å². The maximum atomic E-state index is 11.3. The van der Waals surface area contributed by atoms with Crippen LogP contribution in [0, 0.1) is 53.3 Å². The van der Waals surface area contributed by atoms with E-state index in [1.165, 1.54) is 19.3 Å². The van der Waals surface area contributed by atoms with Gasteiger partial charge in [0.1, 0.15) is 6.10 Å². The number of cyclic esters (lactones) is 1. The van der Waals surface area contributed by atoms with Crippen molar-refractivity contribution < 1.29 is 9.53 Å². The summed E-state index contributed by atoms with van der Waals surface area (Å²) < 4.78 is 5.43. The van der Waals surface area contributed by atoms with Gasteiger partial charge in [-0.15, -0.1) is 0 Å². The summed E-state index contributed by atoms with van der Waals surface area (Å²) in [7, 11) is 0. The van der Waals surface area contributed by atoms with Crippen molar-refractivity contribution in [2.45, 2.75) is 64.9 Å². The quantitative estimate of drug-likeness (QED) is 0.574. The number of hydrogen-bond acceptors (Lipinski definition) is 2. The number of carbonyl (C=O) groups excluding carboxylic acids is 1. The van der Waals surface area contributed by atoms with Gasteiger partial charge in [-0.05, 0) is 91.8 Å². The second-order valence-electron chi connectivity index (χ2n) is 9.32. The van der Waals surface area contributed by atoms with E-state index in [-0.39, 0.29) is 12.1 Å². The fourth-order valence-electron chi connectivity index (χ4n) is 7.88. The van der Waals surface area contributed by atoms with Crippen LogP contribution < -0.4 is 0 Å². The predicted molar refractivity (Wildman–Crippen MR) is 85.0 cm³/mol. The smallest absolute Gasteiger partial charge is 0.306 e. The Morgan fingerprint density at radius 3 is 2.45 bits per heavy atom. The van der Waals surface area contributed by atoms with Gasteiger partial charge in [-0.1, -0.05) is 13.8 Å². The van der Waals surface area contributed by atoms with E-state index in [0.717, 1.165) is 66.1 Å². The minimum Gasteiger partial charge on any atom is -0.462 e. The first kappa shape index (κ1) is 13.9. The van der Waals surface area contributed by atoms with Crippen molar-refractivity contribution in [1.82, 2.24) is 0 Å². The molecule has 1 aliphatic heterocycles. The van der Waals surface area contributed by atoms with E-state index in [1.807, 2.05) is 0 Å². The third-order valence-corrected chi connectivity index (χ3v) is 8.81. The lowest BCUT2D eigenvalue weighted by molar-refractivity contribution is -0.141. The van der Waals surface area contributed by atoms with Crippen LogP contribution in [0.3, 0.4) is 0 Å². The molecule has 22 heavy (non-hydrogen) atoms. The minimum atomic E-state index is 0.0360. The lowest BCUT2D eigenvalue weighted by Crippen LogP contribution is -2.38. The van der Waals surface area contributed by atoms with Gasteiger partial charge in [0.05, 0.1) is 0 Å². The van der Waals surface area contributed by atoms with Gasteiger partial charge in [-0.25, -0.2) is 0 Å². The van der Waals surface area contributed by atoms with Crippen molar-refractivity contribution in [2.24, 2.45) is 53.3 Å². The monoisotopic (exact) mass is 302 g/mol. The van der Waals surface area contributed by atoms with E-state index in [0.29, 0.717) is 6.42 Å². The Labute approximate surface area is 134 Å². The molecule has 1 heterocycles. The number of fused-ring (bicyclic) bond motifs is 9. The van der Waals surface area contributed by atoms with Crippen LogP contribution in [-0.2, 0) is 9.53 Å². The van der Waals surface area contributed by atoms with Crippen molar-refractivity contribution in [1.29, 1.82) is 0 Å². The summed E-state index contributed by atoms with van der Waals surface area (Å²) in [6, 6.07) is 0. The highest BCUT2D eigenvalue weighted by atomic mass is 16.5. The molecule has 5 fully saturated rings. The summed E-state index contributed by atoms with van der Waals surface area (Å²) in [5.41, 5.74) is 0. The molecule has 2 nitrogen and oxygen atoms in total. The molecule has 1 saturated heterocycles. The van der Waals surface area contributed by atoms with Gasteiger partial charge in [-0.3, -0.25) is 4.79 Å². The van der Waals surface area contributed by atoms with E-state index in [1.54, 1.807) is 6.42 Å². The lowest BCUT2D eigenvalue weighted by Gasteiger charge is -2.43. The third-order valence-electron chi connectivity index (χ3n) is 8.81. The zero-order valence-corrected chi connectivity index (χ0v) is 14.0. The normalized spacial score (nSPS) is 58.4. The largest absolute Gasteiger partial charge is 0.462 e. The molecule has 4 bridgehead atoms. The van der Waals surface area contributed by atoms with Crippen LogP contribution in [0.4, 0.5) is 0 Å². The molecule has 0 aromatic carbocycles. The highest BCUT2D eigenvalue weighted by molar-refractivity contribution is 5.71. The summed E-state index contributed by atoms with van der Waals surface area (Å²) in [6.45, 7) is 5.06. The van der Waals surface area contributed by atoms with Crippen molar-refractivity contribution in [2.75, 3.05) is 0 Å². The van der Waals surface area contributed by atoms with Crippen LogP contribution in [0.5, 0.6) is 0 Å². The zero-order chi connectivity index (χ0) is 15.0. The summed E-state index contributed by atoms with van der Waals surface area (Å²) in [6.07, 6.45) is 8.93. The Morgan fingerprint density at radius 1 is 0.955 bits per heavy atom. The molecule has 10 unspecified atom stereocenters. The molecular formula is C20H30O2. The van der Waals surface area contributed by atoms with Crippen LogP contribution in [-0.4, -0.2) is 12.1 Å². The SMILES string of the molecule is CC1C(C)C2CC1C1C3CC(CCC4CCC(=O)O4)C(C3)C21. The molecule has 5 aliphatic rings. The second-order valence-corrected chi connectivity index (χ2v) is 9.32. The van der Waals surface area contributed by atoms with Gasteiger partial charge < -0.3 is 4.74 Å². The highest BCUT2D eigenvalue weighted by Gasteiger charge is 2.65. The Bertz CT molecular complexity index is 486. The average molecular weight is 302 g/mol. The van der Waals surface area contributed by atoms with Gasteiger partial charge in [0, 0.05) is 6.42 Å². The van der Waals surface area contributed by atoms with E-state index in [2.05, 4.69) is 13.8 Å². The number of esters is 1. The molecule has 4 saturated carbocycles. The van der Waals surface area contributed by atoms with Gasteiger partial charge in [-0.2, -0.15) is 0 Å². The first-order valence-electron chi connectivity index (χ1n) is 9.83. The predicted octanol–water partition coefficient (Wildman–Crippen LogP) is 4.28. The topological polar surface area (TPSA) is 26.3 Å². The molecular weight excluding hydrogens is 272 g/mol. The fraction of sp³-hybridized carbons (Fsp3) is 0.950. The Morgan fingerprint density at radius 2 is 1.73 bits per heavy atom. The van der Waals surface area contributed by atoms with Crippen molar-refractivity contribution in [3.63, 3.8) is 0 Å². The number of ether oxygens (including phenoxy) is 1. The van der Waals surface area contributed by atoms with Gasteiger partial charge in [0.15, 0.2) is 0 Å². The van der Waals surface area contributed by atoms with Crippen LogP contribution >= 0.6 is 0 Å². The molecule has 10 atom stereocenters. The van der Waals surface area contributed by atoms with Gasteiger partial charge in [0.2, 0.25) is 0 Å². The fourth-order valence-corrected chi connectivity index (χ4v) is 7.88. The summed E-state index contributed by atoms with van der Waals surface area (Å²) in [5, 5.41) is 0. The molecule has 4 aliphatic carbocycles. The number of rotatable bonds is 3. The van der Waals surface area contributed by atoms with E-state index >= 15 is 0 Å². The first-order valence-corrected chi connectivity index (χ1v) is 9.83. The molecule has 0 N–H and O–H groups in total.